The summed E-state index contributed by atoms with van der Waals surface area (Å²) in [5, 5.41) is 10.4. The Hall–Kier alpha value is -1.09. The van der Waals surface area contributed by atoms with E-state index in [4.69, 9.17) is 4.74 Å². The van der Waals surface area contributed by atoms with Gasteiger partial charge in [0, 0.05) is 6.20 Å². The van der Waals surface area contributed by atoms with E-state index >= 15 is 0 Å². The first kappa shape index (κ1) is 12.0. The summed E-state index contributed by atoms with van der Waals surface area (Å²) in [6, 6.07) is 3.71. The molecule has 2 aliphatic carbocycles. The first-order chi connectivity index (χ1) is 8.78. The summed E-state index contributed by atoms with van der Waals surface area (Å²) in [6.45, 7) is 0. The van der Waals surface area contributed by atoms with Gasteiger partial charge in [0.2, 0.25) is 0 Å². The quantitative estimate of drug-likeness (QED) is 0.889. The second-order valence-corrected chi connectivity index (χ2v) is 5.78. The highest BCUT2D eigenvalue weighted by Crippen LogP contribution is 2.51. The van der Waals surface area contributed by atoms with Crippen molar-refractivity contribution in [2.45, 2.75) is 38.2 Å². The van der Waals surface area contributed by atoms with E-state index in [0.717, 1.165) is 18.3 Å². The van der Waals surface area contributed by atoms with E-state index in [9.17, 15) is 5.11 Å². The minimum Gasteiger partial charge on any atom is -0.495 e. The highest BCUT2D eigenvalue weighted by molar-refractivity contribution is 5.28. The lowest BCUT2D eigenvalue weighted by atomic mass is 9.84. The molecule has 2 saturated carbocycles. The van der Waals surface area contributed by atoms with E-state index in [1.165, 1.54) is 25.7 Å². The molecule has 3 heteroatoms. The fourth-order valence-electron chi connectivity index (χ4n) is 3.89. The summed E-state index contributed by atoms with van der Waals surface area (Å²) >= 11 is 0. The van der Waals surface area contributed by atoms with Gasteiger partial charge in [-0.2, -0.15) is 0 Å². The van der Waals surface area contributed by atoms with Crippen LogP contribution >= 0.6 is 0 Å². The number of aliphatic hydroxyl groups is 1. The van der Waals surface area contributed by atoms with Crippen molar-refractivity contribution in [1.82, 2.24) is 4.98 Å². The molecule has 0 spiro atoms. The number of pyridine rings is 1. The van der Waals surface area contributed by atoms with E-state index in [1.807, 2.05) is 12.1 Å². The SMILES string of the molecule is COc1cccnc1C(O)CC1CC2CCC1C2. The summed E-state index contributed by atoms with van der Waals surface area (Å²) in [4.78, 5) is 4.28. The van der Waals surface area contributed by atoms with E-state index < -0.39 is 6.10 Å². The van der Waals surface area contributed by atoms with Gasteiger partial charge in [-0.1, -0.05) is 6.42 Å². The van der Waals surface area contributed by atoms with Crippen LogP contribution in [-0.2, 0) is 0 Å². The van der Waals surface area contributed by atoms with E-state index in [0.29, 0.717) is 17.4 Å². The highest BCUT2D eigenvalue weighted by Gasteiger charge is 2.40. The molecule has 0 aliphatic heterocycles. The topological polar surface area (TPSA) is 42.4 Å². The number of nitrogens with zero attached hydrogens (tertiary/aromatic N) is 1. The molecule has 1 N–H and O–H groups in total. The molecule has 1 aromatic heterocycles. The van der Waals surface area contributed by atoms with Crippen LogP contribution in [0.1, 0.15) is 43.9 Å². The van der Waals surface area contributed by atoms with Crippen molar-refractivity contribution in [3.05, 3.63) is 24.0 Å². The number of methoxy groups -OCH3 is 1. The maximum atomic E-state index is 10.4. The molecule has 18 heavy (non-hydrogen) atoms. The van der Waals surface area contributed by atoms with E-state index in [-0.39, 0.29) is 0 Å². The Morgan fingerprint density at radius 2 is 2.33 bits per heavy atom. The smallest absolute Gasteiger partial charge is 0.143 e. The summed E-state index contributed by atoms with van der Waals surface area (Å²) < 4.78 is 5.27. The predicted molar refractivity (Wildman–Crippen MR) is 69.3 cm³/mol. The first-order valence-electron chi connectivity index (χ1n) is 6.95. The van der Waals surface area contributed by atoms with Crippen molar-refractivity contribution in [2.24, 2.45) is 17.8 Å². The van der Waals surface area contributed by atoms with E-state index in [2.05, 4.69) is 4.98 Å². The Morgan fingerprint density at radius 1 is 1.44 bits per heavy atom. The number of ether oxygens (including phenoxy) is 1. The molecule has 1 heterocycles. The lowest BCUT2D eigenvalue weighted by Crippen LogP contribution is -2.15. The van der Waals surface area contributed by atoms with Crippen molar-refractivity contribution < 1.29 is 9.84 Å². The van der Waals surface area contributed by atoms with Crippen LogP contribution in [0.3, 0.4) is 0 Å². The van der Waals surface area contributed by atoms with Crippen LogP contribution in [0.25, 0.3) is 0 Å². The maximum absolute atomic E-state index is 10.4. The van der Waals surface area contributed by atoms with Gasteiger partial charge in [0.25, 0.3) is 0 Å². The Kier molecular flexibility index (Phi) is 3.25. The number of hydrogen-bond acceptors (Lipinski definition) is 3. The molecule has 4 unspecified atom stereocenters. The Labute approximate surface area is 108 Å². The van der Waals surface area contributed by atoms with Crippen LogP contribution in [-0.4, -0.2) is 17.2 Å². The third-order valence-corrected chi connectivity index (χ3v) is 4.75. The van der Waals surface area contributed by atoms with Crippen LogP contribution in [0.5, 0.6) is 5.75 Å². The van der Waals surface area contributed by atoms with Crippen LogP contribution in [0, 0.1) is 17.8 Å². The van der Waals surface area contributed by atoms with Gasteiger partial charge in [0.05, 0.1) is 13.2 Å². The van der Waals surface area contributed by atoms with Gasteiger partial charge in [-0.3, -0.25) is 4.98 Å². The summed E-state index contributed by atoms with van der Waals surface area (Å²) in [6.07, 6.45) is 7.54. The number of fused-ring (bicyclic) bond motifs is 2. The lowest BCUT2D eigenvalue weighted by Gasteiger charge is -2.24. The first-order valence-corrected chi connectivity index (χ1v) is 6.95. The molecule has 3 nitrogen and oxygen atoms in total. The van der Waals surface area contributed by atoms with Crippen molar-refractivity contribution in [3.63, 3.8) is 0 Å². The largest absolute Gasteiger partial charge is 0.495 e. The average molecular weight is 247 g/mol. The van der Waals surface area contributed by atoms with Gasteiger partial charge in [0.15, 0.2) is 0 Å². The third kappa shape index (κ3) is 2.12. The lowest BCUT2D eigenvalue weighted by molar-refractivity contribution is 0.119. The van der Waals surface area contributed by atoms with Crippen molar-refractivity contribution in [3.8, 4) is 5.75 Å². The molecule has 4 atom stereocenters. The predicted octanol–water partition coefficient (Wildman–Crippen LogP) is 2.95. The van der Waals surface area contributed by atoms with Crippen molar-refractivity contribution in [1.29, 1.82) is 0 Å². The molecule has 0 aromatic carbocycles. The third-order valence-electron chi connectivity index (χ3n) is 4.75. The molecule has 2 aliphatic rings. The highest BCUT2D eigenvalue weighted by atomic mass is 16.5. The molecule has 0 radical (unpaired) electrons. The van der Waals surface area contributed by atoms with Gasteiger partial charge in [-0.15, -0.1) is 0 Å². The fraction of sp³-hybridized carbons (Fsp3) is 0.667. The summed E-state index contributed by atoms with van der Waals surface area (Å²) in [7, 11) is 1.63. The number of rotatable bonds is 4. The summed E-state index contributed by atoms with van der Waals surface area (Å²) in [5.74, 6) is 3.16. The second kappa shape index (κ2) is 4.88. The fourth-order valence-corrected chi connectivity index (χ4v) is 3.89. The second-order valence-electron chi connectivity index (χ2n) is 5.78. The molecule has 0 amide bonds. The molecular weight excluding hydrogens is 226 g/mol. The van der Waals surface area contributed by atoms with Gasteiger partial charge in [-0.25, -0.2) is 0 Å². The maximum Gasteiger partial charge on any atom is 0.143 e. The van der Waals surface area contributed by atoms with Crippen LogP contribution in [0.2, 0.25) is 0 Å². The van der Waals surface area contributed by atoms with Gasteiger partial charge in [-0.05, 0) is 55.6 Å². The Bertz CT molecular complexity index is 421. The molecule has 1 aromatic rings. The molecule has 98 valence electrons. The van der Waals surface area contributed by atoms with E-state index in [1.54, 1.807) is 13.3 Å². The van der Waals surface area contributed by atoms with Gasteiger partial charge in [0.1, 0.15) is 11.4 Å². The van der Waals surface area contributed by atoms with Crippen LogP contribution in [0.15, 0.2) is 18.3 Å². The minimum atomic E-state index is -0.481. The molecule has 2 fully saturated rings. The average Bonchev–Trinajstić information content (AvgIpc) is 3.01. The van der Waals surface area contributed by atoms with Crippen molar-refractivity contribution >= 4 is 0 Å². The van der Waals surface area contributed by atoms with Gasteiger partial charge < -0.3 is 9.84 Å². The normalized spacial score (nSPS) is 31.6. The number of aliphatic hydroxyl groups excluding tert-OH is 1. The zero-order chi connectivity index (χ0) is 12.5. The zero-order valence-electron chi connectivity index (χ0n) is 10.9. The molecular formula is C15H21NO2. The van der Waals surface area contributed by atoms with Crippen LogP contribution < -0.4 is 4.74 Å². The zero-order valence-corrected chi connectivity index (χ0v) is 10.9. The van der Waals surface area contributed by atoms with Crippen molar-refractivity contribution in [2.75, 3.05) is 7.11 Å². The number of aromatic nitrogens is 1. The molecule has 0 saturated heterocycles. The Morgan fingerprint density at radius 3 is 3.00 bits per heavy atom. The Balaban J connectivity index is 1.69. The summed E-state index contributed by atoms with van der Waals surface area (Å²) in [5.41, 5.74) is 0.697. The standard InChI is InChI=1S/C15H21NO2/c1-18-14-3-2-6-16-15(14)13(17)9-12-8-10-4-5-11(12)7-10/h2-3,6,10-13,17H,4-5,7-9H2,1H3. The molecule has 3 rings (SSSR count). The van der Waals surface area contributed by atoms with Gasteiger partial charge >= 0.3 is 0 Å². The molecule has 2 bridgehead atoms. The minimum absolute atomic E-state index is 0.481. The monoisotopic (exact) mass is 247 g/mol. The number of hydrogen-bond donors (Lipinski definition) is 1. The van der Waals surface area contributed by atoms with Crippen LogP contribution in [0.4, 0.5) is 0 Å².